The van der Waals surface area contributed by atoms with Gasteiger partial charge in [0.25, 0.3) is 0 Å². The molecule has 26 heavy (non-hydrogen) atoms. The minimum absolute atomic E-state index is 0.223. The van der Waals surface area contributed by atoms with Crippen LogP contribution >= 0.6 is 0 Å². The molecule has 1 saturated heterocycles. The van der Waals surface area contributed by atoms with Crippen molar-refractivity contribution in [3.8, 4) is 11.4 Å². The Balaban J connectivity index is 1.77. The van der Waals surface area contributed by atoms with Crippen molar-refractivity contribution in [1.29, 1.82) is 0 Å². The van der Waals surface area contributed by atoms with Gasteiger partial charge in [0, 0.05) is 43.0 Å². The lowest BCUT2D eigenvalue weighted by Crippen LogP contribution is -2.45. The highest BCUT2D eigenvalue weighted by Gasteiger charge is 2.23. The van der Waals surface area contributed by atoms with Gasteiger partial charge in [0.2, 0.25) is 0 Å². The van der Waals surface area contributed by atoms with Crippen molar-refractivity contribution < 1.29 is 4.39 Å². The summed E-state index contributed by atoms with van der Waals surface area (Å²) in [5.74, 6) is 1.63. The lowest BCUT2D eigenvalue weighted by molar-refractivity contribution is 0.311. The zero-order valence-corrected chi connectivity index (χ0v) is 15.5. The molecule has 0 unspecified atom stereocenters. The Morgan fingerprint density at radius 3 is 2.27 bits per heavy atom. The maximum atomic E-state index is 13.3. The summed E-state index contributed by atoms with van der Waals surface area (Å²) in [5.41, 5.74) is 3.44. The number of fused-ring (bicyclic) bond motifs is 1. The Morgan fingerprint density at radius 1 is 0.846 bits per heavy atom. The highest BCUT2D eigenvalue weighted by molar-refractivity contribution is 5.61. The molecule has 1 fully saturated rings. The fourth-order valence-electron chi connectivity index (χ4n) is 3.94. The molecule has 1 aromatic heterocycles. The van der Waals surface area contributed by atoms with E-state index < -0.39 is 0 Å². The van der Waals surface area contributed by atoms with Crippen LogP contribution in [-0.2, 0) is 12.8 Å². The summed E-state index contributed by atoms with van der Waals surface area (Å²) in [4.78, 5) is 14.7. The zero-order chi connectivity index (χ0) is 17.9. The number of rotatable bonds is 2. The minimum Gasteiger partial charge on any atom is -0.354 e. The lowest BCUT2D eigenvalue weighted by Gasteiger charge is -2.35. The number of anilines is 1. The summed E-state index contributed by atoms with van der Waals surface area (Å²) in [6.45, 7) is 4.13. The van der Waals surface area contributed by atoms with E-state index >= 15 is 0 Å². The number of likely N-dealkylation sites (N-methyl/N-ethyl adjacent to an activating group) is 1. The smallest absolute Gasteiger partial charge is 0.161 e. The molecule has 0 saturated carbocycles. The van der Waals surface area contributed by atoms with Crippen molar-refractivity contribution >= 4 is 5.82 Å². The van der Waals surface area contributed by atoms with Gasteiger partial charge in [-0.05, 0) is 57.0 Å². The maximum absolute atomic E-state index is 13.3. The molecule has 0 bridgehead atoms. The second kappa shape index (κ2) is 7.70. The third kappa shape index (κ3) is 3.73. The SMILES string of the molecule is CN1CCN(c2nc(-c3ccc(F)cc3)nc3c2CCCCCC3)CC1. The van der Waals surface area contributed by atoms with Crippen LogP contribution in [0.25, 0.3) is 11.4 Å². The van der Waals surface area contributed by atoms with E-state index in [2.05, 4.69) is 16.8 Å². The van der Waals surface area contributed by atoms with Crippen molar-refractivity contribution in [2.24, 2.45) is 0 Å². The maximum Gasteiger partial charge on any atom is 0.161 e. The van der Waals surface area contributed by atoms with Crippen molar-refractivity contribution in [1.82, 2.24) is 14.9 Å². The average Bonchev–Trinajstić information content (AvgIpc) is 2.63. The molecule has 1 aliphatic carbocycles. The molecule has 2 aromatic rings. The highest BCUT2D eigenvalue weighted by atomic mass is 19.1. The Kier molecular flexibility index (Phi) is 5.16. The number of halogens is 1. The first kappa shape index (κ1) is 17.4. The van der Waals surface area contributed by atoms with E-state index in [4.69, 9.17) is 9.97 Å². The van der Waals surface area contributed by atoms with Crippen molar-refractivity contribution in [2.75, 3.05) is 38.1 Å². The van der Waals surface area contributed by atoms with Gasteiger partial charge < -0.3 is 9.80 Å². The second-order valence-corrected chi connectivity index (χ2v) is 7.51. The highest BCUT2D eigenvalue weighted by Crippen LogP contribution is 2.30. The average molecular weight is 354 g/mol. The normalized spacial score (nSPS) is 18.9. The predicted molar refractivity (Wildman–Crippen MR) is 103 cm³/mol. The number of benzene rings is 1. The molecule has 4 nitrogen and oxygen atoms in total. The summed E-state index contributed by atoms with van der Waals surface area (Å²) in [5, 5.41) is 0. The third-order valence-corrected chi connectivity index (χ3v) is 5.57. The van der Waals surface area contributed by atoms with E-state index in [1.807, 2.05) is 0 Å². The molecule has 5 heteroatoms. The molecular weight excluding hydrogens is 327 g/mol. The molecule has 138 valence electrons. The molecule has 1 aromatic carbocycles. The van der Waals surface area contributed by atoms with Crippen LogP contribution < -0.4 is 4.90 Å². The van der Waals surface area contributed by atoms with Crippen LogP contribution in [0.15, 0.2) is 24.3 Å². The number of aromatic nitrogens is 2. The van der Waals surface area contributed by atoms with E-state index in [0.717, 1.165) is 56.2 Å². The third-order valence-electron chi connectivity index (χ3n) is 5.57. The van der Waals surface area contributed by atoms with Crippen molar-refractivity contribution in [3.05, 3.63) is 41.3 Å². The van der Waals surface area contributed by atoms with Crippen LogP contribution in [0.1, 0.15) is 36.9 Å². The number of nitrogens with zero attached hydrogens (tertiary/aromatic N) is 4. The molecule has 0 spiro atoms. The van der Waals surface area contributed by atoms with Gasteiger partial charge in [0.05, 0.1) is 0 Å². The van der Waals surface area contributed by atoms with Gasteiger partial charge >= 0.3 is 0 Å². The summed E-state index contributed by atoms with van der Waals surface area (Å²) in [6, 6.07) is 6.55. The monoisotopic (exact) mass is 354 g/mol. The van der Waals surface area contributed by atoms with Gasteiger partial charge in [-0.3, -0.25) is 0 Å². The largest absolute Gasteiger partial charge is 0.354 e. The van der Waals surface area contributed by atoms with Gasteiger partial charge in [-0.2, -0.15) is 0 Å². The van der Waals surface area contributed by atoms with Crippen LogP contribution in [0.5, 0.6) is 0 Å². The van der Waals surface area contributed by atoms with Crippen molar-refractivity contribution in [2.45, 2.75) is 38.5 Å². The van der Waals surface area contributed by atoms with Gasteiger partial charge in [-0.15, -0.1) is 0 Å². The topological polar surface area (TPSA) is 32.3 Å². The first-order chi connectivity index (χ1) is 12.7. The Morgan fingerprint density at radius 2 is 1.54 bits per heavy atom. The van der Waals surface area contributed by atoms with E-state index in [1.165, 1.54) is 49.1 Å². The van der Waals surface area contributed by atoms with Crippen LogP contribution in [0.4, 0.5) is 10.2 Å². The summed E-state index contributed by atoms with van der Waals surface area (Å²) in [7, 11) is 2.17. The lowest BCUT2D eigenvalue weighted by atomic mass is 9.96. The minimum atomic E-state index is -0.223. The molecule has 0 amide bonds. The van der Waals surface area contributed by atoms with Gasteiger partial charge in [-0.25, -0.2) is 14.4 Å². The Labute approximate surface area is 155 Å². The summed E-state index contributed by atoms with van der Waals surface area (Å²) < 4.78 is 13.3. The molecule has 0 atom stereocenters. The molecule has 0 radical (unpaired) electrons. The van der Waals surface area contributed by atoms with E-state index in [1.54, 1.807) is 12.1 Å². The number of hydrogen-bond donors (Lipinski definition) is 0. The van der Waals surface area contributed by atoms with Gasteiger partial charge in [0.1, 0.15) is 11.6 Å². The van der Waals surface area contributed by atoms with Crippen LogP contribution in [0.2, 0.25) is 0 Å². The molecule has 4 rings (SSSR count). The second-order valence-electron chi connectivity index (χ2n) is 7.51. The predicted octanol–water partition coefficient (Wildman–Crippen LogP) is 3.69. The van der Waals surface area contributed by atoms with Crippen LogP contribution in [-0.4, -0.2) is 48.1 Å². The first-order valence-corrected chi connectivity index (χ1v) is 9.80. The van der Waals surface area contributed by atoms with E-state index in [0.29, 0.717) is 0 Å². The fourth-order valence-corrected chi connectivity index (χ4v) is 3.94. The molecule has 2 heterocycles. The molecular formula is C21H27FN4. The van der Waals surface area contributed by atoms with Crippen LogP contribution in [0.3, 0.4) is 0 Å². The summed E-state index contributed by atoms with van der Waals surface area (Å²) >= 11 is 0. The molecule has 0 N–H and O–H groups in total. The zero-order valence-electron chi connectivity index (χ0n) is 15.5. The van der Waals surface area contributed by atoms with Crippen LogP contribution in [0, 0.1) is 5.82 Å². The first-order valence-electron chi connectivity index (χ1n) is 9.80. The molecule has 1 aliphatic heterocycles. The number of piperazine rings is 1. The van der Waals surface area contributed by atoms with Gasteiger partial charge in [0.15, 0.2) is 5.82 Å². The Bertz CT molecular complexity index is 751. The summed E-state index contributed by atoms with van der Waals surface area (Å²) in [6.07, 6.45) is 7.07. The fraction of sp³-hybridized carbons (Fsp3) is 0.524. The number of aryl methyl sites for hydroxylation is 1. The number of hydrogen-bond acceptors (Lipinski definition) is 4. The standard InChI is InChI=1S/C21H27FN4/c1-25-12-14-26(15-13-25)21-18-6-4-2-3-5-7-19(18)23-20(24-21)16-8-10-17(22)11-9-16/h8-11H,2-7,12-15H2,1H3. The van der Waals surface area contributed by atoms with Gasteiger partial charge in [-0.1, -0.05) is 12.8 Å². The molecule has 2 aliphatic rings. The van der Waals surface area contributed by atoms with E-state index in [-0.39, 0.29) is 5.82 Å². The Hall–Kier alpha value is -2.01. The van der Waals surface area contributed by atoms with Crippen molar-refractivity contribution in [3.63, 3.8) is 0 Å². The quantitative estimate of drug-likeness (QED) is 0.823. The van der Waals surface area contributed by atoms with E-state index in [9.17, 15) is 4.39 Å².